The van der Waals surface area contributed by atoms with Gasteiger partial charge in [0.1, 0.15) is 23.7 Å². The molecule has 39 heavy (non-hydrogen) atoms. The van der Waals surface area contributed by atoms with Crippen LogP contribution in [0.5, 0.6) is 5.75 Å². The van der Waals surface area contributed by atoms with Crippen LogP contribution in [0.2, 0.25) is 0 Å². The highest BCUT2D eigenvalue weighted by Crippen LogP contribution is 2.41. The lowest BCUT2D eigenvalue weighted by Crippen LogP contribution is -2.58. The van der Waals surface area contributed by atoms with E-state index in [0.29, 0.717) is 19.4 Å². The molecule has 4 rings (SSSR count). The molecular formula is C31H41N3O5. The topological polar surface area (TPSA) is 97.0 Å². The molecule has 2 aliphatic heterocycles. The van der Waals surface area contributed by atoms with E-state index in [1.54, 1.807) is 19.1 Å². The molecule has 1 saturated heterocycles. The lowest BCUT2D eigenvalue weighted by atomic mass is 9.85. The number of aldehydes is 1. The number of hydrogen-bond acceptors (Lipinski definition) is 5. The fourth-order valence-corrected chi connectivity index (χ4v) is 5.52. The fourth-order valence-electron chi connectivity index (χ4n) is 5.52. The van der Waals surface area contributed by atoms with E-state index in [2.05, 4.69) is 48.8 Å². The number of carbonyl (C=O) groups excluding carboxylic acids is 3. The summed E-state index contributed by atoms with van der Waals surface area (Å²) in [5, 5.41) is 7.83. The molecule has 0 radical (unpaired) electrons. The van der Waals surface area contributed by atoms with Gasteiger partial charge < -0.3 is 29.8 Å². The average molecular weight is 536 g/mol. The van der Waals surface area contributed by atoms with Gasteiger partial charge in [-0.25, -0.2) is 4.79 Å². The Bertz CT molecular complexity index is 1300. The molecule has 0 aliphatic carbocycles. The van der Waals surface area contributed by atoms with Crippen molar-refractivity contribution in [2.75, 3.05) is 27.3 Å². The Morgan fingerprint density at radius 3 is 2.46 bits per heavy atom. The molecule has 5 bridgehead atoms. The minimum Gasteiger partial charge on any atom is -0.496 e. The molecule has 8 nitrogen and oxygen atoms in total. The monoisotopic (exact) mass is 535 g/mol. The standard InChI is InChI=1S/C31H41N3O5/c1-29(2,3)26-27(36)34-19-31(39-7,17-24(34)18-35)23-9-8-20-16-25(38-6)21(14-22(20)15-23)10-11-30(4,5)12-13-32-28(37)33-26/h8-11,14-16,18,24,26H,12-13,17,19H2,1-7H3,(H2,32,33,37)/b11-10-/t24-,26+,31-/m0/s1. The molecule has 2 N–H and O–H groups in total. The Morgan fingerprint density at radius 2 is 1.82 bits per heavy atom. The highest BCUT2D eigenvalue weighted by atomic mass is 16.5. The number of allylic oxidation sites excluding steroid dienone is 1. The second kappa shape index (κ2) is 10.6. The van der Waals surface area contributed by atoms with E-state index in [1.165, 1.54) is 0 Å². The highest BCUT2D eigenvalue weighted by molar-refractivity contribution is 5.91. The van der Waals surface area contributed by atoms with Crippen LogP contribution in [-0.4, -0.2) is 62.5 Å². The van der Waals surface area contributed by atoms with E-state index in [0.717, 1.165) is 33.9 Å². The molecule has 2 aromatic carbocycles. The van der Waals surface area contributed by atoms with E-state index < -0.39 is 29.1 Å². The Hall–Kier alpha value is -3.39. The van der Waals surface area contributed by atoms with Crippen molar-refractivity contribution in [1.82, 2.24) is 15.5 Å². The van der Waals surface area contributed by atoms with E-state index in [1.807, 2.05) is 39.0 Å². The Morgan fingerprint density at radius 1 is 1.08 bits per heavy atom. The third-order valence-corrected chi connectivity index (χ3v) is 8.07. The quantitative estimate of drug-likeness (QED) is 0.558. The second-order valence-electron chi connectivity index (χ2n) is 12.5. The van der Waals surface area contributed by atoms with Gasteiger partial charge in [-0.05, 0) is 51.8 Å². The number of urea groups is 1. The number of fused-ring (bicyclic) bond motifs is 5. The molecule has 210 valence electrons. The van der Waals surface area contributed by atoms with E-state index >= 15 is 0 Å². The minimum atomic E-state index is -0.872. The van der Waals surface area contributed by atoms with Crippen LogP contribution in [0.15, 0.2) is 36.4 Å². The molecule has 0 spiro atoms. The molecule has 8 heteroatoms. The van der Waals surface area contributed by atoms with Gasteiger partial charge in [0, 0.05) is 25.6 Å². The van der Waals surface area contributed by atoms with Gasteiger partial charge in [0.2, 0.25) is 5.91 Å². The summed E-state index contributed by atoms with van der Waals surface area (Å²) in [5.74, 6) is 0.466. The number of methoxy groups -OCH3 is 2. The summed E-state index contributed by atoms with van der Waals surface area (Å²) in [6.07, 6.45) is 6.02. The zero-order valence-electron chi connectivity index (χ0n) is 24.1. The first-order chi connectivity index (χ1) is 18.3. The predicted molar refractivity (Wildman–Crippen MR) is 153 cm³/mol. The first-order valence-corrected chi connectivity index (χ1v) is 13.5. The average Bonchev–Trinajstić information content (AvgIpc) is 3.28. The number of nitrogens with one attached hydrogen (secondary N) is 2. The summed E-state index contributed by atoms with van der Waals surface area (Å²) in [4.78, 5) is 40.7. The van der Waals surface area contributed by atoms with Crippen LogP contribution in [0.1, 0.15) is 58.6 Å². The third-order valence-electron chi connectivity index (χ3n) is 8.07. The van der Waals surface area contributed by atoms with Crippen molar-refractivity contribution in [3.8, 4) is 5.75 Å². The van der Waals surface area contributed by atoms with Crippen LogP contribution in [0.3, 0.4) is 0 Å². The Balaban J connectivity index is 1.87. The van der Waals surface area contributed by atoms with Gasteiger partial charge in [-0.15, -0.1) is 0 Å². The first-order valence-electron chi connectivity index (χ1n) is 13.5. The van der Waals surface area contributed by atoms with Gasteiger partial charge in [-0.2, -0.15) is 0 Å². The number of ether oxygens (including phenoxy) is 2. The van der Waals surface area contributed by atoms with Crippen LogP contribution < -0.4 is 15.4 Å². The number of benzene rings is 2. The fraction of sp³-hybridized carbons (Fsp3) is 0.516. The largest absolute Gasteiger partial charge is 0.496 e. The molecule has 3 atom stereocenters. The predicted octanol–water partition coefficient (Wildman–Crippen LogP) is 4.65. The molecule has 0 unspecified atom stereocenters. The summed E-state index contributed by atoms with van der Waals surface area (Å²) < 4.78 is 11.8. The maximum Gasteiger partial charge on any atom is 0.315 e. The van der Waals surface area contributed by atoms with Crippen molar-refractivity contribution >= 4 is 35.1 Å². The molecule has 2 aliphatic rings. The van der Waals surface area contributed by atoms with E-state index in [9.17, 15) is 14.4 Å². The lowest BCUT2D eigenvalue weighted by molar-refractivity contribution is -0.139. The normalized spacial score (nSPS) is 26.6. The number of carbonyl (C=O) groups is 3. The van der Waals surface area contributed by atoms with Crippen LogP contribution in [0.4, 0.5) is 4.79 Å². The molecule has 0 saturated carbocycles. The van der Waals surface area contributed by atoms with Crippen LogP contribution in [0, 0.1) is 10.8 Å². The summed E-state index contributed by atoms with van der Waals surface area (Å²) in [6.45, 7) is 10.6. The third kappa shape index (κ3) is 5.81. The lowest BCUT2D eigenvalue weighted by Gasteiger charge is -2.35. The van der Waals surface area contributed by atoms with E-state index in [4.69, 9.17) is 9.47 Å². The highest BCUT2D eigenvalue weighted by Gasteiger charge is 2.50. The number of hydrogen-bond donors (Lipinski definition) is 2. The van der Waals surface area contributed by atoms with Crippen LogP contribution in [-0.2, 0) is 19.9 Å². The van der Waals surface area contributed by atoms with Gasteiger partial charge in [0.25, 0.3) is 0 Å². The van der Waals surface area contributed by atoms with Crippen molar-refractivity contribution < 1.29 is 23.9 Å². The maximum absolute atomic E-state index is 13.9. The Labute approximate surface area is 231 Å². The summed E-state index contributed by atoms with van der Waals surface area (Å²) in [7, 11) is 3.27. The SMILES string of the molecule is COc1cc2ccc3cc2cc1/C=C\C(C)(C)CCNC(=O)N[C@@H](C(C)(C)C)C(=O)N1C[C@@]3(OC)C[C@H]1C=O. The number of amides is 3. The van der Waals surface area contributed by atoms with Gasteiger partial charge in [-0.1, -0.05) is 58.9 Å². The molecule has 0 aromatic heterocycles. The molecule has 3 amide bonds. The zero-order valence-corrected chi connectivity index (χ0v) is 24.1. The second-order valence-corrected chi connectivity index (χ2v) is 12.5. The summed E-state index contributed by atoms with van der Waals surface area (Å²) in [6, 6.07) is 8.27. The molecular weight excluding hydrogens is 494 g/mol. The molecule has 2 aromatic rings. The Kier molecular flexibility index (Phi) is 7.81. The molecule has 1 fully saturated rings. The van der Waals surface area contributed by atoms with Crippen molar-refractivity contribution in [2.24, 2.45) is 10.8 Å². The van der Waals surface area contributed by atoms with Crippen molar-refractivity contribution in [3.63, 3.8) is 0 Å². The smallest absolute Gasteiger partial charge is 0.315 e. The summed E-state index contributed by atoms with van der Waals surface area (Å²) >= 11 is 0. The van der Waals surface area contributed by atoms with Crippen LogP contribution in [0.25, 0.3) is 16.8 Å². The number of nitrogens with zero attached hydrogens (tertiary/aromatic N) is 1. The minimum absolute atomic E-state index is 0.199. The first kappa shape index (κ1) is 28.6. The van der Waals surface area contributed by atoms with Crippen molar-refractivity contribution in [2.45, 2.75) is 65.1 Å². The zero-order chi connectivity index (χ0) is 28.6. The van der Waals surface area contributed by atoms with Gasteiger partial charge in [0.05, 0.1) is 19.7 Å². The van der Waals surface area contributed by atoms with Gasteiger partial charge in [-0.3, -0.25) is 4.79 Å². The maximum atomic E-state index is 13.9. The van der Waals surface area contributed by atoms with Crippen molar-refractivity contribution in [1.29, 1.82) is 0 Å². The van der Waals surface area contributed by atoms with Crippen LogP contribution >= 0.6 is 0 Å². The summed E-state index contributed by atoms with van der Waals surface area (Å²) in [5.41, 5.74) is 0.169. The van der Waals surface area contributed by atoms with Crippen molar-refractivity contribution in [3.05, 3.63) is 47.5 Å². The van der Waals surface area contributed by atoms with Gasteiger partial charge in [0.15, 0.2) is 0 Å². The van der Waals surface area contributed by atoms with E-state index in [-0.39, 0.29) is 17.9 Å². The molecule has 2 heterocycles. The van der Waals surface area contributed by atoms with Gasteiger partial charge >= 0.3 is 6.03 Å². The number of rotatable bonds is 3.